The van der Waals surface area contributed by atoms with Crippen molar-refractivity contribution in [2.24, 2.45) is 0 Å². The maximum Gasteiger partial charge on any atom is 0.322 e. The van der Waals surface area contributed by atoms with Crippen molar-refractivity contribution in [1.82, 2.24) is 9.97 Å². The molecule has 18 heavy (non-hydrogen) atoms. The smallest absolute Gasteiger partial charge is 0.258 e. The summed E-state index contributed by atoms with van der Waals surface area (Å²) in [6.07, 6.45) is 1.10. The van der Waals surface area contributed by atoms with E-state index in [1.165, 1.54) is 6.92 Å². The second kappa shape index (κ2) is 5.81. The standard InChI is InChI=1S/C8H10ClN3O4S2/c1-5-6(12(13)14)7(11-8(9)10-5)17-3-4-18(2,15)16/h3-4H2,1-2H3. The normalized spacial score (nSPS) is 11.5. The maximum absolute atomic E-state index is 11.0. The van der Waals surface area contributed by atoms with Crippen LogP contribution in [0.15, 0.2) is 5.03 Å². The van der Waals surface area contributed by atoms with Gasteiger partial charge in [0.2, 0.25) is 5.28 Å². The Balaban J connectivity index is 2.97. The summed E-state index contributed by atoms with van der Waals surface area (Å²) in [5.74, 6) is 0.0853. The summed E-state index contributed by atoms with van der Waals surface area (Å²) in [6.45, 7) is 1.45. The van der Waals surface area contributed by atoms with Crippen LogP contribution in [0.4, 0.5) is 5.69 Å². The minimum Gasteiger partial charge on any atom is -0.258 e. The highest BCUT2D eigenvalue weighted by molar-refractivity contribution is 8.00. The molecule has 0 atom stereocenters. The molecule has 1 aromatic heterocycles. The lowest BCUT2D eigenvalue weighted by Crippen LogP contribution is -2.06. The molecule has 100 valence electrons. The first-order chi connectivity index (χ1) is 8.20. The number of halogens is 1. The SMILES string of the molecule is Cc1nc(Cl)nc(SCCS(C)(=O)=O)c1[N+](=O)[O-]. The second-order valence-electron chi connectivity index (χ2n) is 3.47. The third kappa shape index (κ3) is 4.39. The van der Waals surface area contributed by atoms with Crippen molar-refractivity contribution in [3.05, 3.63) is 21.1 Å². The monoisotopic (exact) mass is 311 g/mol. The number of nitrogens with zero attached hydrogens (tertiary/aromatic N) is 3. The Labute approximate surface area is 113 Å². The molecule has 1 aromatic rings. The van der Waals surface area contributed by atoms with Crippen molar-refractivity contribution >= 4 is 38.9 Å². The molecule has 7 nitrogen and oxygen atoms in total. The molecule has 0 unspecified atom stereocenters. The zero-order valence-corrected chi connectivity index (χ0v) is 12.0. The van der Waals surface area contributed by atoms with Gasteiger partial charge < -0.3 is 0 Å². The maximum atomic E-state index is 11.0. The molecule has 0 saturated carbocycles. The van der Waals surface area contributed by atoms with Crippen LogP contribution < -0.4 is 0 Å². The molecule has 0 aliphatic heterocycles. The number of aryl methyl sites for hydroxylation is 1. The number of hydrogen-bond donors (Lipinski definition) is 0. The Bertz CT molecular complexity index is 576. The highest BCUT2D eigenvalue weighted by atomic mass is 35.5. The lowest BCUT2D eigenvalue weighted by Gasteiger charge is -2.04. The molecule has 0 amide bonds. The van der Waals surface area contributed by atoms with Crippen molar-refractivity contribution in [1.29, 1.82) is 0 Å². The van der Waals surface area contributed by atoms with E-state index in [9.17, 15) is 18.5 Å². The molecule has 0 bridgehead atoms. The van der Waals surface area contributed by atoms with Crippen molar-refractivity contribution in [3.8, 4) is 0 Å². The number of nitro groups is 1. The van der Waals surface area contributed by atoms with Crippen molar-refractivity contribution in [3.63, 3.8) is 0 Å². The van der Waals surface area contributed by atoms with E-state index in [2.05, 4.69) is 9.97 Å². The summed E-state index contributed by atoms with van der Waals surface area (Å²) in [5, 5.41) is 10.9. The van der Waals surface area contributed by atoms with Crippen molar-refractivity contribution < 1.29 is 13.3 Å². The number of aromatic nitrogens is 2. The quantitative estimate of drug-likeness (QED) is 0.267. The van der Waals surface area contributed by atoms with Crippen LogP contribution in [0.5, 0.6) is 0 Å². The molecule has 0 radical (unpaired) electrons. The molecule has 0 saturated heterocycles. The average Bonchev–Trinajstić information content (AvgIpc) is 2.13. The molecule has 0 spiro atoms. The highest BCUT2D eigenvalue weighted by Gasteiger charge is 2.22. The van der Waals surface area contributed by atoms with Gasteiger partial charge in [0.05, 0.1) is 10.7 Å². The van der Waals surface area contributed by atoms with Crippen LogP contribution in [0.3, 0.4) is 0 Å². The third-order valence-electron chi connectivity index (χ3n) is 1.87. The van der Waals surface area contributed by atoms with E-state index in [0.717, 1.165) is 18.0 Å². The van der Waals surface area contributed by atoms with E-state index in [4.69, 9.17) is 11.6 Å². The van der Waals surface area contributed by atoms with Gasteiger partial charge in [-0.25, -0.2) is 18.4 Å². The number of hydrogen-bond acceptors (Lipinski definition) is 7. The molecule has 0 aliphatic carbocycles. The summed E-state index contributed by atoms with van der Waals surface area (Å²) in [6, 6.07) is 0. The van der Waals surface area contributed by atoms with Crippen LogP contribution in [0.2, 0.25) is 5.28 Å². The third-order valence-corrected chi connectivity index (χ3v) is 4.21. The zero-order chi connectivity index (χ0) is 13.9. The van der Waals surface area contributed by atoms with E-state index in [0.29, 0.717) is 0 Å². The number of rotatable bonds is 5. The van der Waals surface area contributed by atoms with Crippen molar-refractivity contribution in [2.75, 3.05) is 17.8 Å². The van der Waals surface area contributed by atoms with Gasteiger partial charge in [-0.05, 0) is 18.5 Å². The fourth-order valence-electron chi connectivity index (χ4n) is 1.11. The Kier molecular flexibility index (Phi) is 4.88. The summed E-state index contributed by atoms with van der Waals surface area (Å²) in [5.41, 5.74) is -0.0836. The first-order valence-corrected chi connectivity index (χ1v) is 8.12. The molecule has 10 heteroatoms. The van der Waals surface area contributed by atoms with Crippen LogP contribution in [-0.2, 0) is 9.84 Å². The van der Waals surface area contributed by atoms with E-state index in [-0.39, 0.29) is 33.2 Å². The molecule has 0 N–H and O–H groups in total. The lowest BCUT2D eigenvalue weighted by atomic mass is 10.4. The summed E-state index contributed by atoms with van der Waals surface area (Å²) in [7, 11) is -3.11. The van der Waals surface area contributed by atoms with Gasteiger partial charge in [0.1, 0.15) is 15.5 Å². The van der Waals surface area contributed by atoms with Gasteiger partial charge in [0.25, 0.3) is 0 Å². The van der Waals surface area contributed by atoms with Gasteiger partial charge in [-0.3, -0.25) is 10.1 Å². The Morgan fingerprint density at radius 1 is 1.44 bits per heavy atom. The Hall–Kier alpha value is -0.930. The van der Waals surface area contributed by atoms with Gasteiger partial charge in [0.15, 0.2) is 5.03 Å². The predicted molar refractivity (Wildman–Crippen MR) is 68.9 cm³/mol. The van der Waals surface area contributed by atoms with E-state index in [1.54, 1.807) is 0 Å². The first-order valence-electron chi connectivity index (χ1n) is 4.70. The van der Waals surface area contributed by atoms with E-state index >= 15 is 0 Å². The highest BCUT2D eigenvalue weighted by Crippen LogP contribution is 2.30. The largest absolute Gasteiger partial charge is 0.322 e. The second-order valence-corrected chi connectivity index (χ2v) is 7.15. The minimum absolute atomic E-state index is 0.0844. The van der Waals surface area contributed by atoms with Gasteiger partial charge in [0, 0.05) is 12.0 Å². The van der Waals surface area contributed by atoms with Crippen LogP contribution in [0, 0.1) is 17.0 Å². The van der Waals surface area contributed by atoms with Gasteiger partial charge in [-0.1, -0.05) is 11.8 Å². The number of sulfone groups is 1. The van der Waals surface area contributed by atoms with Crippen LogP contribution in [0.1, 0.15) is 5.69 Å². The lowest BCUT2D eigenvalue weighted by molar-refractivity contribution is -0.389. The Morgan fingerprint density at radius 3 is 2.56 bits per heavy atom. The number of thioether (sulfide) groups is 1. The summed E-state index contributed by atoms with van der Waals surface area (Å²) < 4.78 is 21.9. The zero-order valence-electron chi connectivity index (χ0n) is 9.58. The van der Waals surface area contributed by atoms with Crippen LogP contribution in [-0.4, -0.2) is 41.1 Å². The van der Waals surface area contributed by atoms with E-state index < -0.39 is 14.8 Å². The fourth-order valence-corrected chi connectivity index (χ4v) is 3.62. The summed E-state index contributed by atoms with van der Waals surface area (Å²) >= 11 is 6.59. The fraction of sp³-hybridized carbons (Fsp3) is 0.500. The average molecular weight is 312 g/mol. The molecule has 0 fully saturated rings. The minimum atomic E-state index is -3.11. The predicted octanol–water partition coefficient (Wildman–Crippen LogP) is 1.48. The molecular weight excluding hydrogens is 302 g/mol. The van der Waals surface area contributed by atoms with Crippen LogP contribution >= 0.6 is 23.4 Å². The molecular formula is C8H10ClN3O4S2. The van der Waals surface area contributed by atoms with Gasteiger partial charge in [-0.2, -0.15) is 0 Å². The molecule has 0 aliphatic rings. The van der Waals surface area contributed by atoms with Crippen LogP contribution in [0.25, 0.3) is 0 Å². The van der Waals surface area contributed by atoms with E-state index in [1.807, 2.05) is 0 Å². The summed E-state index contributed by atoms with van der Waals surface area (Å²) in [4.78, 5) is 17.7. The molecule has 0 aromatic carbocycles. The Morgan fingerprint density at radius 2 is 2.06 bits per heavy atom. The van der Waals surface area contributed by atoms with Crippen molar-refractivity contribution in [2.45, 2.75) is 11.9 Å². The van der Waals surface area contributed by atoms with Gasteiger partial charge >= 0.3 is 5.69 Å². The molecule has 1 heterocycles. The topological polar surface area (TPSA) is 103 Å². The first kappa shape index (κ1) is 15.1. The van der Waals surface area contributed by atoms with Gasteiger partial charge in [-0.15, -0.1) is 0 Å². The molecule has 1 rings (SSSR count).